The molecule has 0 spiro atoms. The molecule has 2 aliphatic rings. The Morgan fingerprint density at radius 1 is 1.37 bits per heavy atom. The maximum absolute atomic E-state index is 12.9. The van der Waals surface area contributed by atoms with Gasteiger partial charge in [-0.2, -0.15) is 0 Å². The highest BCUT2D eigenvalue weighted by Gasteiger charge is 2.27. The van der Waals surface area contributed by atoms with Crippen LogP contribution in [0.1, 0.15) is 37.1 Å². The van der Waals surface area contributed by atoms with Gasteiger partial charge in [0.2, 0.25) is 5.91 Å². The van der Waals surface area contributed by atoms with E-state index in [0.717, 1.165) is 61.5 Å². The number of carbonyl (C=O) groups excluding carboxylic acids is 2. The van der Waals surface area contributed by atoms with Crippen molar-refractivity contribution in [2.45, 2.75) is 51.6 Å². The predicted molar refractivity (Wildman–Crippen MR) is 104 cm³/mol. The maximum atomic E-state index is 12.9. The Morgan fingerprint density at radius 3 is 3.07 bits per heavy atom. The van der Waals surface area contributed by atoms with Crippen molar-refractivity contribution in [2.24, 2.45) is 0 Å². The third-order valence-corrected chi connectivity index (χ3v) is 5.50. The molecule has 2 aromatic rings. The second kappa shape index (κ2) is 7.42. The first-order valence-corrected chi connectivity index (χ1v) is 9.58. The summed E-state index contributed by atoms with van der Waals surface area (Å²) >= 11 is 0. The number of urea groups is 1. The highest BCUT2D eigenvalue weighted by molar-refractivity contribution is 6.00. The molecule has 7 heteroatoms. The normalized spacial score (nSPS) is 18.9. The van der Waals surface area contributed by atoms with Crippen LogP contribution in [0.4, 0.5) is 16.2 Å². The molecule has 0 unspecified atom stereocenters. The average Bonchev–Trinajstić information content (AvgIpc) is 3.24. The molecule has 1 aromatic carbocycles. The second-order valence-corrected chi connectivity index (χ2v) is 7.33. The first-order valence-electron chi connectivity index (χ1n) is 9.58. The standard InChI is InChI=1S/C20H25N5O2/c1-14-21-8-11-24(14)10-7-17-4-2-3-9-25(17)20(27)22-16-5-6-18-15(12-16)13-19(26)23-18/h5-6,8,11-12,17H,2-4,7,9-10,13H2,1H3,(H,22,27)(H,23,26)/t17-/m1/s1. The van der Waals surface area contributed by atoms with Crippen LogP contribution in [-0.4, -0.2) is 39.0 Å². The Hall–Kier alpha value is -2.83. The molecule has 1 aromatic heterocycles. The molecule has 1 saturated heterocycles. The van der Waals surface area contributed by atoms with Gasteiger partial charge in [-0.1, -0.05) is 0 Å². The van der Waals surface area contributed by atoms with E-state index >= 15 is 0 Å². The number of rotatable bonds is 4. The van der Waals surface area contributed by atoms with Crippen LogP contribution in [0.2, 0.25) is 0 Å². The molecule has 1 fully saturated rings. The summed E-state index contributed by atoms with van der Waals surface area (Å²) in [5, 5.41) is 5.83. The van der Waals surface area contributed by atoms with Crippen molar-refractivity contribution in [1.29, 1.82) is 0 Å². The zero-order valence-corrected chi connectivity index (χ0v) is 15.6. The van der Waals surface area contributed by atoms with Crippen molar-refractivity contribution in [3.05, 3.63) is 42.0 Å². The first-order chi connectivity index (χ1) is 13.1. The number of likely N-dealkylation sites (tertiary alicyclic amines) is 1. The van der Waals surface area contributed by atoms with Gasteiger partial charge in [-0.05, 0) is 56.4 Å². The van der Waals surface area contributed by atoms with Crippen molar-refractivity contribution in [2.75, 3.05) is 17.2 Å². The largest absolute Gasteiger partial charge is 0.335 e. The smallest absolute Gasteiger partial charge is 0.322 e. The van der Waals surface area contributed by atoms with Gasteiger partial charge < -0.3 is 20.1 Å². The molecule has 0 aliphatic carbocycles. The molecule has 1 atom stereocenters. The van der Waals surface area contributed by atoms with Crippen LogP contribution in [-0.2, 0) is 17.8 Å². The van der Waals surface area contributed by atoms with Gasteiger partial charge in [0.25, 0.3) is 0 Å². The minimum atomic E-state index is -0.0562. The fourth-order valence-electron chi connectivity index (χ4n) is 4.00. The summed E-state index contributed by atoms with van der Waals surface area (Å²) in [5.41, 5.74) is 2.51. The van der Waals surface area contributed by atoms with Crippen LogP contribution < -0.4 is 10.6 Å². The first kappa shape index (κ1) is 17.6. The van der Waals surface area contributed by atoms with Crippen LogP contribution in [0.5, 0.6) is 0 Å². The molecule has 142 valence electrons. The number of hydrogen-bond acceptors (Lipinski definition) is 3. The summed E-state index contributed by atoms with van der Waals surface area (Å²) in [7, 11) is 0. The predicted octanol–water partition coefficient (Wildman–Crippen LogP) is 3.16. The van der Waals surface area contributed by atoms with Crippen LogP contribution in [0.3, 0.4) is 0 Å². The molecule has 3 amide bonds. The summed E-state index contributed by atoms with van der Waals surface area (Å²) in [5.74, 6) is 1.00. The quantitative estimate of drug-likeness (QED) is 0.871. The van der Waals surface area contributed by atoms with E-state index in [1.165, 1.54) is 0 Å². The summed E-state index contributed by atoms with van der Waals surface area (Å²) in [6, 6.07) is 5.76. The number of imidazole rings is 1. The van der Waals surface area contributed by atoms with E-state index in [2.05, 4.69) is 20.2 Å². The van der Waals surface area contributed by atoms with Gasteiger partial charge in [-0.15, -0.1) is 0 Å². The zero-order valence-electron chi connectivity index (χ0n) is 15.6. The van der Waals surface area contributed by atoms with Crippen molar-refractivity contribution >= 4 is 23.3 Å². The molecule has 27 heavy (non-hydrogen) atoms. The lowest BCUT2D eigenvalue weighted by Crippen LogP contribution is -2.46. The van der Waals surface area contributed by atoms with E-state index in [4.69, 9.17) is 0 Å². The van der Waals surface area contributed by atoms with E-state index in [-0.39, 0.29) is 18.0 Å². The number of fused-ring (bicyclic) bond motifs is 1. The number of piperidine rings is 1. The van der Waals surface area contributed by atoms with Crippen LogP contribution in [0.25, 0.3) is 0 Å². The minimum Gasteiger partial charge on any atom is -0.335 e. The van der Waals surface area contributed by atoms with Gasteiger partial charge in [0.05, 0.1) is 6.42 Å². The number of anilines is 2. The van der Waals surface area contributed by atoms with E-state index in [0.29, 0.717) is 6.42 Å². The van der Waals surface area contributed by atoms with E-state index in [1.807, 2.05) is 42.4 Å². The maximum Gasteiger partial charge on any atom is 0.322 e. The van der Waals surface area contributed by atoms with Gasteiger partial charge in [-0.3, -0.25) is 4.79 Å². The zero-order chi connectivity index (χ0) is 18.8. The number of aromatic nitrogens is 2. The van der Waals surface area contributed by atoms with E-state index in [1.54, 1.807) is 0 Å². The lowest BCUT2D eigenvalue weighted by Gasteiger charge is -2.36. The van der Waals surface area contributed by atoms with Crippen LogP contribution >= 0.6 is 0 Å². The number of amides is 3. The average molecular weight is 367 g/mol. The highest BCUT2D eigenvalue weighted by atomic mass is 16.2. The van der Waals surface area contributed by atoms with E-state index in [9.17, 15) is 9.59 Å². The summed E-state index contributed by atoms with van der Waals surface area (Å²) < 4.78 is 2.13. The minimum absolute atomic E-state index is 0.000587. The number of nitrogens with zero attached hydrogens (tertiary/aromatic N) is 3. The van der Waals surface area contributed by atoms with Crippen molar-refractivity contribution < 1.29 is 9.59 Å². The molecule has 3 heterocycles. The highest BCUT2D eigenvalue weighted by Crippen LogP contribution is 2.27. The van der Waals surface area contributed by atoms with E-state index < -0.39 is 0 Å². The lowest BCUT2D eigenvalue weighted by molar-refractivity contribution is -0.115. The molecule has 4 rings (SSSR count). The molecular weight excluding hydrogens is 342 g/mol. The fraction of sp³-hybridized carbons (Fsp3) is 0.450. The third kappa shape index (κ3) is 3.82. The number of benzene rings is 1. The van der Waals surface area contributed by atoms with Gasteiger partial charge in [-0.25, -0.2) is 9.78 Å². The monoisotopic (exact) mass is 367 g/mol. The van der Waals surface area contributed by atoms with Crippen LogP contribution in [0, 0.1) is 6.92 Å². The number of nitrogens with one attached hydrogen (secondary N) is 2. The summed E-state index contributed by atoms with van der Waals surface area (Å²) in [6.07, 6.45) is 8.32. The molecule has 0 saturated carbocycles. The molecule has 0 radical (unpaired) electrons. The SMILES string of the molecule is Cc1nccn1CC[C@H]1CCCCN1C(=O)Nc1ccc2c(c1)CC(=O)N2. The van der Waals surface area contributed by atoms with Crippen molar-refractivity contribution in [3.8, 4) is 0 Å². The molecule has 2 aliphatic heterocycles. The Kier molecular flexibility index (Phi) is 4.83. The number of aryl methyl sites for hydroxylation is 2. The van der Waals surface area contributed by atoms with Gasteiger partial charge in [0.15, 0.2) is 0 Å². The van der Waals surface area contributed by atoms with Gasteiger partial charge >= 0.3 is 6.03 Å². The summed E-state index contributed by atoms with van der Waals surface area (Å²) in [4.78, 5) is 30.6. The second-order valence-electron chi connectivity index (χ2n) is 7.33. The lowest BCUT2D eigenvalue weighted by atomic mass is 9.99. The Labute approximate surface area is 158 Å². The molecule has 2 N–H and O–H groups in total. The fourth-order valence-corrected chi connectivity index (χ4v) is 4.00. The van der Waals surface area contributed by atoms with Crippen molar-refractivity contribution in [1.82, 2.24) is 14.5 Å². The summed E-state index contributed by atoms with van der Waals surface area (Å²) in [6.45, 7) is 3.65. The third-order valence-electron chi connectivity index (χ3n) is 5.50. The number of carbonyl (C=O) groups is 2. The van der Waals surface area contributed by atoms with Gasteiger partial charge in [0.1, 0.15) is 5.82 Å². The molecule has 7 nitrogen and oxygen atoms in total. The van der Waals surface area contributed by atoms with Crippen molar-refractivity contribution in [3.63, 3.8) is 0 Å². The Bertz CT molecular complexity index is 860. The van der Waals surface area contributed by atoms with Crippen LogP contribution in [0.15, 0.2) is 30.6 Å². The topological polar surface area (TPSA) is 79.3 Å². The van der Waals surface area contributed by atoms with Gasteiger partial charge in [0, 0.05) is 42.9 Å². The molecular formula is C20H25N5O2. The molecule has 0 bridgehead atoms. The number of hydrogen-bond donors (Lipinski definition) is 2. The Balaban J connectivity index is 1.41. The Morgan fingerprint density at radius 2 is 2.26 bits per heavy atom.